The van der Waals surface area contributed by atoms with Crippen molar-refractivity contribution in [3.8, 4) is 5.75 Å². The summed E-state index contributed by atoms with van der Waals surface area (Å²) in [5.74, 6) is 0.520. The van der Waals surface area contributed by atoms with Crippen LogP contribution in [-0.2, 0) is 10.0 Å². The average Bonchev–Trinajstić information content (AvgIpc) is 2.47. The average molecular weight is 377 g/mol. The summed E-state index contributed by atoms with van der Waals surface area (Å²) < 4.78 is 33.2. The molecule has 1 fully saturated rings. The molecule has 1 aromatic carbocycles. The maximum absolute atomic E-state index is 13.0. The molecular formula is C14H21BrN2O3S. The second kappa shape index (κ2) is 6.64. The Labute approximate surface area is 134 Å². The minimum Gasteiger partial charge on any atom is -0.497 e. The van der Waals surface area contributed by atoms with Crippen molar-refractivity contribution in [1.82, 2.24) is 4.31 Å². The second-order valence-electron chi connectivity index (χ2n) is 5.33. The Hall–Kier alpha value is -0.630. The number of sulfonamides is 1. The normalized spacial score (nSPS) is 22.0. The summed E-state index contributed by atoms with van der Waals surface area (Å²) in [5.41, 5.74) is 5.98. The first-order chi connectivity index (χ1) is 9.87. The summed E-state index contributed by atoms with van der Waals surface area (Å²) in [5, 5.41) is 0. The van der Waals surface area contributed by atoms with Gasteiger partial charge in [0.2, 0.25) is 10.0 Å². The molecule has 0 unspecified atom stereocenters. The molecule has 118 valence electrons. The molecule has 0 aliphatic carbocycles. The van der Waals surface area contributed by atoms with Crippen LogP contribution in [0.2, 0.25) is 0 Å². The van der Waals surface area contributed by atoms with Crippen molar-refractivity contribution in [3.63, 3.8) is 0 Å². The number of hydrogen-bond donors (Lipinski definition) is 1. The van der Waals surface area contributed by atoms with Crippen molar-refractivity contribution in [3.05, 3.63) is 22.7 Å². The van der Waals surface area contributed by atoms with Crippen LogP contribution in [0, 0.1) is 0 Å². The van der Waals surface area contributed by atoms with Crippen LogP contribution in [-0.4, -0.2) is 38.5 Å². The van der Waals surface area contributed by atoms with Gasteiger partial charge in [0.1, 0.15) is 10.6 Å². The third-order valence-corrected chi connectivity index (χ3v) is 6.75. The fourth-order valence-corrected chi connectivity index (χ4v) is 5.41. The van der Waals surface area contributed by atoms with E-state index >= 15 is 0 Å². The van der Waals surface area contributed by atoms with Crippen LogP contribution in [0.1, 0.15) is 26.2 Å². The van der Waals surface area contributed by atoms with E-state index in [1.165, 1.54) is 7.11 Å². The van der Waals surface area contributed by atoms with E-state index in [4.69, 9.17) is 10.5 Å². The van der Waals surface area contributed by atoms with Gasteiger partial charge in [-0.15, -0.1) is 0 Å². The number of rotatable bonds is 4. The Kier molecular flexibility index (Phi) is 5.29. The SMILES string of the molecule is COc1ccc(Br)c(S(=O)(=O)N2CCCC[C@@H]2[C@H](C)N)c1. The van der Waals surface area contributed by atoms with Crippen LogP contribution in [0.25, 0.3) is 0 Å². The van der Waals surface area contributed by atoms with E-state index in [0.717, 1.165) is 19.3 Å². The van der Waals surface area contributed by atoms with Crippen molar-refractivity contribution in [2.24, 2.45) is 5.73 Å². The Bertz CT molecular complexity index is 604. The number of methoxy groups -OCH3 is 1. The summed E-state index contributed by atoms with van der Waals surface area (Å²) in [6, 6.07) is 4.62. The van der Waals surface area contributed by atoms with Crippen LogP contribution in [0.5, 0.6) is 5.75 Å². The van der Waals surface area contributed by atoms with Crippen molar-refractivity contribution in [1.29, 1.82) is 0 Å². The van der Waals surface area contributed by atoms with Gasteiger partial charge < -0.3 is 10.5 Å². The number of halogens is 1. The Balaban J connectivity index is 2.45. The van der Waals surface area contributed by atoms with E-state index in [1.54, 1.807) is 22.5 Å². The molecule has 0 amide bonds. The molecular weight excluding hydrogens is 356 g/mol. The van der Waals surface area contributed by atoms with E-state index in [2.05, 4.69) is 15.9 Å². The molecule has 1 aliphatic rings. The maximum Gasteiger partial charge on any atom is 0.244 e. The first kappa shape index (κ1) is 16.7. The predicted octanol–water partition coefficient (Wildman–Crippen LogP) is 2.35. The first-order valence-electron chi connectivity index (χ1n) is 6.99. The molecule has 7 heteroatoms. The second-order valence-corrected chi connectivity index (χ2v) is 8.05. The third kappa shape index (κ3) is 3.41. The summed E-state index contributed by atoms with van der Waals surface area (Å²) in [7, 11) is -2.07. The van der Waals surface area contributed by atoms with Gasteiger partial charge in [-0.25, -0.2) is 8.42 Å². The quantitative estimate of drug-likeness (QED) is 0.874. The topological polar surface area (TPSA) is 72.6 Å². The molecule has 0 saturated carbocycles. The highest BCUT2D eigenvalue weighted by Crippen LogP contribution is 2.32. The minimum atomic E-state index is -3.59. The third-order valence-electron chi connectivity index (χ3n) is 3.83. The maximum atomic E-state index is 13.0. The lowest BCUT2D eigenvalue weighted by Crippen LogP contribution is -2.51. The predicted molar refractivity (Wildman–Crippen MR) is 85.9 cm³/mol. The molecule has 2 atom stereocenters. The van der Waals surface area contributed by atoms with Gasteiger partial charge in [0.15, 0.2) is 0 Å². The Morgan fingerprint density at radius 3 is 2.76 bits per heavy atom. The van der Waals surface area contributed by atoms with Gasteiger partial charge in [-0.05, 0) is 47.8 Å². The molecule has 0 radical (unpaired) electrons. The van der Waals surface area contributed by atoms with E-state index in [9.17, 15) is 8.42 Å². The van der Waals surface area contributed by atoms with Gasteiger partial charge in [0.25, 0.3) is 0 Å². The van der Waals surface area contributed by atoms with E-state index in [0.29, 0.717) is 16.8 Å². The van der Waals surface area contributed by atoms with Crippen LogP contribution in [0.4, 0.5) is 0 Å². The molecule has 2 N–H and O–H groups in total. The van der Waals surface area contributed by atoms with Crippen LogP contribution in [0.15, 0.2) is 27.6 Å². The Morgan fingerprint density at radius 2 is 2.14 bits per heavy atom. The number of piperidine rings is 1. The molecule has 0 bridgehead atoms. The summed E-state index contributed by atoms with van der Waals surface area (Å²) in [6.45, 7) is 2.37. The van der Waals surface area contributed by atoms with Crippen molar-refractivity contribution in [2.45, 2.75) is 43.2 Å². The molecule has 1 aliphatic heterocycles. The lowest BCUT2D eigenvalue weighted by molar-refractivity contribution is 0.227. The van der Waals surface area contributed by atoms with E-state index in [1.807, 2.05) is 6.92 Å². The van der Waals surface area contributed by atoms with E-state index < -0.39 is 10.0 Å². The van der Waals surface area contributed by atoms with Crippen LogP contribution >= 0.6 is 15.9 Å². The number of nitrogens with zero attached hydrogens (tertiary/aromatic N) is 1. The van der Waals surface area contributed by atoms with Crippen LogP contribution < -0.4 is 10.5 Å². The van der Waals surface area contributed by atoms with E-state index in [-0.39, 0.29) is 17.0 Å². The zero-order chi connectivity index (χ0) is 15.6. The molecule has 1 aromatic rings. The smallest absolute Gasteiger partial charge is 0.244 e. The molecule has 21 heavy (non-hydrogen) atoms. The zero-order valence-electron chi connectivity index (χ0n) is 12.3. The molecule has 5 nitrogen and oxygen atoms in total. The van der Waals surface area contributed by atoms with Gasteiger partial charge in [-0.2, -0.15) is 4.31 Å². The fourth-order valence-electron chi connectivity index (χ4n) is 2.69. The monoisotopic (exact) mass is 376 g/mol. The Morgan fingerprint density at radius 1 is 1.43 bits per heavy atom. The van der Waals surface area contributed by atoms with Crippen molar-refractivity contribution >= 4 is 26.0 Å². The first-order valence-corrected chi connectivity index (χ1v) is 9.22. The van der Waals surface area contributed by atoms with Gasteiger partial charge >= 0.3 is 0 Å². The zero-order valence-corrected chi connectivity index (χ0v) is 14.7. The summed E-state index contributed by atoms with van der Waals surface area (Å²) >= 11 is 3.33. The van der Waals surface area contributed by atoms with Gasteiger partial charge in [-0.3, -0.25) is 0 Å². The van der Waals surface area contributed by atoms with Gasteiger partial charge in [-0.1, -0.05) is 6.42 Å². The van der Waals surface area contributed by atoms with Crippen molar-refractivity contribution < 1.29 is 13.2 Å². The molecule has 0 spiro atoms. The molecule has 1 heterocycles. The minimum absolute atomic E-state index is 0.151. The highest BCUT2D eigenvalue weighted by Gasteiger charge is 2.36. The van der Waals surface area contributed by atoms with Gasteiger partial charge in [0, 0.05) is 29.2 Å². The van der Waals surface area contributed by atoms with Gasteiger partial charge in [0.05, 0.1) is 7.11 Å². The highest BCUT2D eigenvalue weighted by atomic mass is 79.9. The van der Waals surface area contributed by atoms with Crippen LogP contribution in [0.3, 0.4) is 0 Å². The summed E-state index contributed by atoms with van der Waals surface area (Å²) in [4.78, 5) is 0.231. The highest BCUT2D eigenvalue weighted by molar-refractivity contribution is 9.10. The number of benzene rings is 1. The molecule has 0 aromatic heterocycles. The molecule has 2 rings (SSSR count). The lowest BCUT2D eigenvalue weighted by Gasteiger charge is -2.37. The largest absolute Gasteiger partial charge is 0.497 e. The van der Waals surface area contributed by atoms with Crippen molar-refractivity contribution in [2.75, 3.05) is 13.7 Å². The standard InChI is InChI=1S/C14H21BrN2O3S/c1-10(16)13-5-3-4-8-17(13)21(18,19)14-9-11(20-2)6-7-12(14)15/h6-7,9-10,13H,3-5,8,16H2,1-2H3/t10-,13+/m0/s1. The number of hydrogen-bond acceptors (Lipinski definition) is 4. The number of ether oxygens (including phenoxy) is 1. The summed E-state index contributed by atoms with van der Waals surface area (Å²) in [6.07, 6.45) is 2.68. The fraction of sp³-hybridized carbons (Fsp3) is 0.571. The lowest BCUT2D eigenvalue weighted by atomic mass is 10.00. The number of nitrogens with two attached hydrogens (primary N) is 1. The molecule has 1 saturated heterocycles.